The number of carboxylic acids is 1. The maximum Gasteiger partial charge on any atom is 0.326 e. The van der Waals surface area contributed by atoms with E-state index in [0.29, 0.717) is 13.0 Å². The fraction of sp³-hybridized carbons (Fsp3) is 0.833. The van der Waals surface area contributed by atoms with Gasteiger partial charge >= 0.3 is 12.0 Å². The van der Waals surface area contributed by atoms with Gasteiger partial charge in [-0.15, -0.1) is 0 Å². The Hall–Kier alpha value is -0.910. The van der Waals surface area contributed by atoms with Gasteiger partial charge in [0, 0.05) is 11.3 Å². The van der Waals surface area contributed by atoms with E-state index in [1.165, 1.54) is 0 Å². The van der Waals surface area contributed by atoms with Crippen LogP contribution in [0.1, 0.15) is 34.1 Å². The minimum Gasteiger partial charge on any atom is -0.480 e. The third kappa shape index (κ3) is 6.14. The molecule has 0 aromatic rings. The second kappa shape index (κ2) is 7.51. The maximum atomic E-state index is 11.6. The maximum absolute atomic E-state index is 11.6. The Morgan fingerprint density at radius 1 is 1.39 bits per heavy atom. The van der Waals surface area contributed by atoms with Gasteiger partial charge in [0.15, 0.2) is 0 Å². The highest BCUT2D eigenvalue weighted by Crippen LogP contribution is 2.19. The SMILES string of the molecule is CCC(C)[C@H](NC(=O)NCC(C)(C)SC)C(=O)O. The van der Waals surface area contributed by atoms with Crippen LogP contribution in [0, 0.1) is 5.92 Å². The number of carbonyl (C=O) groups excluding carboxylic acids is 1. The molecule has 3 N–H and O–H groups in total. The van der Waals surface area contributed by atoms with Crippen molar-refractivity contribution in [1.82, 2.24) is 10.6 Å². The molecule has 0 aromatic heterocycles. The molecule has 0 aliphatic carbocycles. The molecule has 5 nitrogen and oxygen atoms in total. The molecule has 0 aliphatic heterocycles. The molecule has 2 amide bonds. The van der Waals surface area contributed by atoms with Gasteiger partial charge in [0.1, 0.15) is 6.04 Å². The van der Waals surface area contributed by atoms with Gasteiger partial charge in [-0.1, -0.05) is 20.3 Å². The first-order chi connectivity index (χ1) is 8.23. The Morgan fingerprint density at radius 2 is 1.94 bits per heavy atom. The van der Waals surface area contributed by atoms with Crippen molar-refractivity contribution in [3.63, 3.8) is 0 Å². The second-order valence-corrected chi connectivity index (χ2v) is 6.51. The molecule has 106 valence electrons. The predicted molar refractivity (Wildman–Crippen MR) is 75.0 cm³/mol. The Balaban J connectivity index is 4.32. The zero-order chi connectivity index (χ0) is 14.3. The number of carbonyl (C=O) groups is 2. The van der Waals surface area contributed by atoms with E-state index in [-0.39, 0.29) is 10.7 Å². The molecule has 1 unspecified atom stereocenters. The highest BCUT2D eigenvalue weighted by molar-refractivity contribution is 7.99. The lowest BCUT2D eigenvalue weighted by Crippen LogP contribution is -2.51. The minimum atomic E-state index is -0.997. The smallest absolute Gasteiger partial charge is 0.326 e. The van der Waals surface area contributed by atoms with Crippen molar-refractivity contribution in [2.45, 2.75) is 44.9 Å². The molecule has 0 fully saturated rings. The number of amides is 2. The van der Waals surface area contributed by atoms with Crippen molar-refractivity contribution in [2.24, 2.45) is 5.92 Å². The Kier molecular flexibility index (Phi) is 7.13. The molecule has 0 radical (unpaired) electrons. The van der Waals surface area contributed by atoms with Gasteiger partial charge in [-0.05, 0) is 26.0 Å². The van der Waals surface area contributed by atoms with E-state index in [1.807, 2.05) is 34.0 Å². The van der Waals surface area contributed by atoms with Crippen molar-refractivity contribution in [3.05, 3.63) is 0 Å². The number of aliphatic carboxylic acids is 1. The van der Waals surface area contributed by atoms with Gasteiger partial charge < -0.3 is 15.7 Å². The van der Waals surface area contributed by atoms with Gasteiger partial charge in [-0.3, -0.25) is 0 Å². The molecule has 2 atom stereocenters. The average Bonchev–Trinajstić information content (AvgIpc) is 2.32. The first-order valence-electron chi connectivity index (χ1n) is 6.05. The monoisotopic (exact) mass is 276 g/mol. The summed E-state index contributed by atoms with van der Waals surface area (Å²) < 4.78 is -0.0631. The zero-order valence-electron chi connectivity index (χ0n) is 11.7. The molecular formula is C12H24N2O3S. The molecular weight excluding hydrogens is 252 g/mol. The third-order valence-corrected chi connectivity index (χ3v) is 4.24. The van der Waals surface area contributed by atoms with Crippen LogP contribution in [0.5, 0.6) is 0 Å². The molecule has 0 bridgehead atoms. The lowest BCUT2D eigenvalue weighted by Gasteiger charge is -2.24. The van der Waals surface area contributed by atoms with Crippen LogP contribution in [-0.4, -0.2) is 40.7 Å². The summed E-state index contributed by atoms with van der Waals surface area (Å²) in [4.78, 5) is 22.7. The van der Waals surface area contributed by atoms with Crippen LogP contribution in [0.25, 0.3) is 0 Å². The molecule has 0 aliphatic rings. The largest absolute Gasteiger partial charge is 0.480 e. The van der Waals surface area contributed by atoms with Crippen molar-refractivity contribution in [1.29, 1.82) is 0 Å². The summed E-state index contributed by atoms with van der Waals surface area (Å²) in [5.74, 6) is -1.09. The molecule has 0 saturated heterocycles. The number of hydrogen-bond donors (Lipinski definition) is 3. The van der Waals surface area contributed by atoms with Crippen LogP contribution in [0.2, 0.25) is 0 Å². The van der Waals surface area contributed by atoms with E-state index in [9.17, 15) is 9.59 Å². The number of thioether (sulfide) groups is 1. The standard InChI is InChI=1S/C12H24N2O3S/c1-6-8(2)9(10(15)16)14-11(17)13-7-12(3,4)18-5/h8-9H,6-7H2,1-5H3,(H,15,16)(H2,13,14,17)/t8?,9-/m0/s1. The zero-order valence-corrected chi connectivity index (χ0v) is 12.6. The number of hydrogen-bond acceptors (Lipinski definition) is 3. The fourth-order valence-corrected chi connectivity index (χ4v) is 1.46. The van der Waals surface area contributed by atoms with Crippen LogP contribution < -0.4 is 10.6 Å². The molecule has 0 spiro atoms. The van der Waals surface area contributed by atoms with E-state index in [2.05, 4.69) is 10.6 Å². The van der Waals surface area contributed by atoms with Crippen molar-refractivity contribution in [3.8, 4) is 0 Å². The molecule has 0 aromatic carbocycles. The minimum absolute atomic E-state index is 0.0631. The highest BCUT2D eigenvalue weighted by atomic mass is 32.2. The lowest BCUT2D eigenvalue weighted by atomic mass is 9.99. The number of nitrogens with one attached hydrogen (secondary N) is 2. The average molecular weight is 276 g/mol. The molecule has 18 heavy (non-hydrogen) atoms. The second-order valence-electron chi connectivity index (χ2n) is 4.99. The summed E-state index contributed by atoms with van der Waals surface area (Å²) in [6.07, 6.45) is 2.67. The number of carboxylic acid groups (broad SMARTS) is 1. The summed E-state index contributed by atoms with van der Waals surface area (Å²) in [6.45, 7) is 8.23. The van der Waals surface area contributed by atoms with E-state index in [4.69, 9.17) is 5.11 Å². The van der Waals surface area contributed by atoms with Gasteiger partial charge in [-0.2, -0.15) is 11.8 Å². The first-order valence-corrected chi connectivity index (χ1v) is 7.28. The summed E-state index contributed by atoms with van der Waals surface area (Å²) in [5, 5.41) is 14.3. The Morgan fingerprint density at radius 3 is 2.33 bits per heavy atom. The van der Waals surface area contributed by atoms with Gasteiger partial charge in [-0.25, -0.2) is 9.59 Å². The fourth-order valence-electron chi connectivity index (χ4n) is 1.24. The van der Waals surface area contributed by atoms with Crippen molar-refractivity contribution in [2.75, 3.05) is 12.8 Å². The van der Waals surface area contributed by atoms with Crippen LogP contribution in [0.4, 0.5) is 4.79 Å². The Labute approximate surface area is 113 Å². The first kappa shape index (κ1) is 17.1. The molecule has 0 heterocycles. The van der Waals surface area contributed by atoms with E-state index < -0.39 is 18.0 Å². The quantitative estimate of drug-likeness (QED) is 0.664. The van der Waals surface area contributed by atoms with Crippen molar-refractivity contribution >= 4 is 23.8 Å². The summed E-state index contributed by atoms with van der Waals surface area (Å²) in [7, 11) is 0. The molecule has 0 rings (SSSR count). The van der Waals surface area contributed by atoms with Crippen LogP contribution >= 0.6 is 11.8 Å². The van der Waals surface area contributed by atoms with E-state index in [1.54, 1.807) is 11.8 Å². The Bertz CT molecular complexity index is 295. The molecule has 6 heteroatoms. The number of urea groups is 1. The summed E-state index contributed by atoms with van der Waals surface area (Å²) in [6, 6.07) is -1.27. The van der Waals surface area contributed by atoms with Crippen LogP contribution in [0.15, 0.2) is 0 Å². The van der Waals surface area contributed by atoms with Crippen LogP contribution in [-0.2, 0) is 4.79 Å². The van der Waals surface area contributed by atoms with Crippen LogP contribution in [0.3, 0.4) is 0 Å². The summed E-state index contributed by atoms with van der Waals surface area (Å²) in [5.41, 5.74) is 0. The van der Waals surface area contributed by atoms with Gasteiger partial charge in [0.25, 0.3) is 0 Å². The van der Waals surface area contributed by atoms with E-state index >= 15 is 0 Å². The van der Waals surface area contributed by atoms with Crippen molar-refractivity contribution < 1.29 is 14.7 Å². The van der Waals surface area contributed by atoms with Gasteiger partial charge in [0.05, 0.1) is 0 Å². The molecule has 0 saturated carbocycles. The summed E-state index contributed by atoms with van der Waals surface area (Å²) >= 11 is 1.65. The third-order valence-electron chi connectivity index (χ3n) is 2.99. The normalized spacial score (nSPS) is 14.7. The highest BCUT2D eigenvalue weighted by Gasteiger charge is 2.26. The predicted octanol–water partition coefficient (Wildman–Crippen LogP) is 1.93. The topological polar surface area (TPSA) is 78.4 Å². The number of rotatable bonds is 7. The lowest BCUT2D eigenvalue weighted by molar-refractivity contribution is -0.140. The van der Waals surface area contributed by atoms with E-state index in [0.717, 1.165) is 0 Å². The van der Waals surface area contributed by atoms with Gasteiger partial charge in [0.2, 0.25) is 0 Å².